The Kier molecular flexibility index (Phi) is 2.97. The molecular weight excluding hydrogens is 212 g/mol. The Labute approximate surface area is 103 Å². The van der Waals surface area contributed by atoms with E-state index < -0.39 is 0 Å². The molecule has 0 aromatic carbocycles. The van der Waals surface area contributed by atoms with Crippen LogP contribution in [-0.2, 0) is 9.53 Å². The van der Waals surface area contributed by atoms with E-state index in [0.29, 0.717) is 12.5 Å². The Balaban J connectivity index is 1.64. The van der Waals surface area contributed by atoms with Crippen molar-refractivity contribution in [3.8, 4) is 0 Å². The quantitative estimate of drug-likeness (QED) is 0.554. The standard InChI is InChI=1S/C15H22O2/c1-2-15(16)17-9-11-8-10-6-7-13(11)14-5-3-4-12(10)14/h2,10-14H,1,3-9H2. The number of carbonyl (C=O) groups is 1. The van der Waals surface area contributed by atoms with Crippen molar-refractivity contribution in [3.05, 3.63) is 12.7 Å². The van der Waals surface area contributed by atoms with Gasteiger partial charge in [-0.1, -0.05) is 13.0 Å². The Bertz CT molecular complexity index is 323. The van der Waals surface area contributed by atoms with Crippen molar-refractivity contribution in [1.29, 1.82) is 0 Å². The van der Waals surface area contributed by atoms with Gasteiger partial charge in [-0.05, 0) is 61.7 Å². The highest BCUT2D eigenvalue weighted by Gasteiger charge is 2.49. The van der Waals surface area contributed by atoms with Crippen LogP contribution in [0.2, 0.25) is 0 Å². The third-order valence-corrected chi connectivity index (χ3v) is 5.47. The fourth-order valence-electron chi connectivity index (χ4n) is 4.85. The predicted molar refractivity (Wildman–Crippen MR) is 66.3 cm³/mol. The molecule has 0 radical (unpaired) electrons. The van der Waals surface area contributed by atoms with E-state index in [2.05, 4.69) is 6.58 Å². The molecule has 5 unspecified atom stereocenters. The van der Waals surface area contributed by atoms with E-state index >= 15 is 0 Å². The van der Waals surface area contributed by atoms with Gasteiger partial charge < -0.3 is 4.74 Å². The molecule has 4 fully saturated rings. The summed E-state index contributed by atoms with van der Waals surface area (Å²) in [6.45, 7) is 4.09. The predicted octanol–water partition coefficient (Wildman–Crippen LogP) is 3.18. The average Bonchev–Trinajstić information content (AvgIpc) is 2.87. The minimum absolute atomic E-state index is 0.255. The zero-order valence-corrected chi connectivity index (χ0v) is 10.4. The summed E-state index contributed by atoms with van der Waals surface area (Å²) in [5.74, 6) is 4.12. The maximum atomic E-state index is 11.1. The van der Waals surface area contributed by atoms with E-state index in [4.69, 9.17) is 4.74 Å². The van der Waals surface area contributed by atoms with Gasteiger partial charge in [0.15, 0.2) is 0 Å². The van der Waals surface area contributed by atoms with Crippen molar-refractivity contribution in [1.82, 2.24) is 0 Å². The first kappa shape index (κ1) is 11.3. The van der Waals surface area contributed by atoms with Gasteiger partial charge in [-0.3, -0.25) is 0 Å². The second kappa shape index (κ2) is 4.47. The third-order valence-electron chi connectivity index (χ3n) is 5.47. The largest absolute Gasteiger partial charge is 0.462 e. The Morgan fingerprint density at radius 1 is 1.18 bits per heavy atom. The van der Waals surface area contributed by atoms with Crippen LogP contribution in [-0.4, -0.2) is 12.6 Å². The van der Waals surface area contributed by atoms with E-state index in [1.807, 2.05) is 0 Å². The van der Waals surface area contributed by atoms with Crippen LogP contribution < -0.4 is 0 Å². The summed E-state index contributed by atoms with van der Waals surface area (Å²) in [5.41, 5.74) is 0. The smallest absolute Gasteiger partial charge is 0.330 e. The summed E-state index contributed by atoms with van der Waals surface area (Å²) in [5, 5.41) is 0. The molecule has 0 N–H and O–H groups in total. The van der Waals surface area contributed by atoms with E-state index in [-0.39, 0.29) is 5.97 Å². The van der Waals surface area contributed by atoms with Gasteiger partial charge in [-0.15, -0.1) is 0 Å². The molecule has 2 heteroatoms. The topological polar surface area (TPSA) is 26.3 Å². The number of carbonyl (C=O) groups excluding carboxylic acids is 1. The molecule has 4 rings (SSSR count). The van der Waals surface area contributed by atoms with Crippen LogP contribution in [0.3, 0.4) is 0 Å². The molecule has 2 bridgehead atoms. The molecule has 0 aromatic heterocycles. The minimum Gasteiger partial charge on any atom is -0.462 e. The molecule has 17 heavy (non-hydrogen) atoms. The molecule has 2 nitrogen and oxygen atoms in total. The van der Waals surface area contributed by atoms with Crippen LogP contribution in [0.15, 0.2) is 12.7 Å². The second-order valence-corrected chi connectivity index (χ2v) is 6.09. The van der Waals surface area contributed by atoms with Gasteiger partial charge in [-0.25, -0.2) is 4.79 Å². The third kappa shape index (κ3) is 1.92. The SMILES string of the molecule is C=CC(=O)OCC1CC2CCC1C1CCCC21. The maximum Gasteiger partial charge on any atom is 0.330 e. The first-order valence-electron chi connectivity index (χ1n) is 7.08. The maximum absolute atomic E-state index is 11.1. The average molecular weight is 234 g/mol. The summed E-state index contributed by atoms with van der Waals surface area (Å²) in [4.78, 5) is 11.1. The fourth-order valence-corrected chi connectivity index (χ4v) is 4.85. The van der Waals surface area contributed by atoms with Crippen molar-refractivity contribution in [2.24, 2.45) is 29.6 Å². The summed E-state index contributed by atoms with van der Waals surface area (Å²) in [7, 11) is 0. The lowest BCUT2D eigenvalue weighted by Crippen LogP contribution is -2.44. The molecule has 5 atom stereocenters. The molecule has 4 aliphatic rings. The number of hydrogen-bond donors (Lipinski definition) is 0. The molecule has 94 valence electrons. The van der Waals surface area contributed by atoms with E-state index in [1.165, 1.54) is 44.6 Å². The first-order chi connectivity index (χ1) is 8.29. The van der Waals surface area contributed by atoms with Crippen LogP contribution >= 0.6 is 0 Å². The molecule has 0 amide bonds. The Hall–Kier alpha value is -0.790. The van der Waals surface area contributed by atoms with Crippen LogP contribution in [0.25, 0.3) is 0 Å². The van der Waals surface area contributed by atoms with Gasteiger partial charge >= 0.3 is 5.97 Å². The lowest BCUT2D eigenvalue weighted by atomic mass is 9.56. The van der Waals surface area contributed by atoms with Crippen molar-refractivity contribution < 1.29 is 9.53 Å². The first-order valence-corrected chi connectivity index (χ1v) is 7.08. The number of ether oxygens (including phenoxy) is 1. The van der Waals surface area contributed by atoms with Crippen LogP contribution in [0.1, 0.15) is 38.5 Å². The highest BCUT2D eigenvalue weighted by molar-refractivity contribution is 5.81. The summed E-state index contributed by atoms with van der Waals surface area (Å²) < 4.78 is 5.27. The molecule has 0 heterocycles. The van der Waals surface area contributed by atoms with Crippen molar-refractivity contribution >= 4 is 5.97 Å². The molecule has 0 spiro atoms. The van der Waals surface area contributed by atoms with Crippen LogP contribution in [0.5, 0.6) is 0 Å². The van der Waals surface area contributed by atoms with Gasteiger partial charge in [0, 0.05) is 6.08 Å². The van der Waals surface area contributed by atoms with E-state index in [9.17, 15) is 4.79 Å². The summed E-state index contributed by atoms with van der Waals surface area (Å²) in [6.07, 6.45) is 9.71. The van der Waals surface area contributed by atoms with Gasteiger partial charge in [0.1, 0.15) is 0 Å². The van der Waals surface area contributed by atoms with Crippen LogP contribution in [0, 0.1) is 29.6 Å². The monoisotopic (exact) mass is 234 g/mol. The fraction of sp³-hybridized carbons (Fsp3) is 0.800. The van der Waals surface area contributed by atoms with Crippen molar-refractivity contribution in [2.45, 2.75) is 38.5 Å². The highest BCUT2D eigenvalue weighted by Crippen LogP contribution is 2.57. The van der Waals surface area contributed by atoms with Crippen molar-refractivity contribution in [2.75, 3.05) is 6.61 Å². The normalized spacial score (nSPS) is 43.2. The lowest BCUT2D eigenvalue weighted by Gasteiger charge is -2.50. The molecular formula is C15H22O2. The van der Waals surface area contributed by atoms with Gasteiger partial charge in [0.2, 0.25) is 0 Å². The van der Waals surface area contributed by atoms with Crippen molar-refractivity contribution in [3.63, 3.8) is 0 Å². The minimum atomic E-state index is -0.255. The Morgan fingerprint density at radius 3 is 2.82 bits per heavy atom. The number of fused-ring (bicyclic) bond motifs is 2. The van der Waals surface area contributed by atoms with Gasteiger partial charge in [0.25, 0.3) is 0 Å². The number of esters is 1. The summed E-state index contributed by atoms with van der Waals surface area (Å²) in [6, 6.07) is 0. The molecule has 4 aliphatic carbocycles. The van der Waals surface area contributed by atoms with Gasteiger partial charge in [-0.2, -0.15) is 0 Å². The molecule has 0 saturated heterocycles. The molecule has 0 aromatic rings. The van der Waals surface area contributed by atoms with Crippen LogP contribution in [0.4, 0.5) is 0 Å². The van der Waals surface area contributed by atoms with E-state index in [0.717, 1.165) is 23.7 Å². The highest BCUT2D eigenvalue weighted by atomic mass is 16.5. The zero-order chi connectivity index (χ0) is 11.8. The van der Waals surface area contributed by atoms with Gasteiger partial charge in [0.05, 0.1) is 6.61 Å². The lowest BCUT2D eigenvalue weighted by molar-refractivity contribution is -0.142. The molecule has 0 aliphatic heterocycles. The zero-order valence-electron chi connectivity index (χ0n) is 10.4. The Morgan fingerprint density at radius 2 is 2.00 bits per heavy atom. The summed E-state index contributed by atoms with van der Waals surface area (Å²) >= 11 is 0. The number of rotatable bonds is 3. The molecule has 4 saturated carbocycles. The van der Waals surface area contributed by atoms with E-state index in [1.54, 1.807) is 0 Å². The second-order valence-electron chi connectivity index (χ2n) is 6.09. The number of hydrogen-bond acceptors (Lipinski definition) is 2.